The van der Waals surface area contributed by atoms with Crippen molar-refractivity contribution in [3.8, 4) is 17.0 Å². The fraction of sp³-hybridized carbons (Fsp3) is 0.500. The van der Waals surface area contributed by atoms with Gasteiger partial charge in [0.25, 0.3) is 0 Å². The normalized spacial score (nSPS) is 16.0. The summed E-state index contributed by atoms with van der Waals surface area (Å²) in [5.74, 6) is 0.860. The molecule has 0 radical (unpaired) electrons. The van der Waals surface area contributed by atoms with Crippen LogP contribution < -0.4 is 9.61 Å². The van der Waals surface area contributed by atoms with E-state index < -0.39 is 0 Å². The maximum atomic E-state index is 11.9. The first-order valence-corrected chi connectivity index (χ1v) is 9.15. The molecular formula is C18H24N2O2S. The molecule has 1 aromatic carbocycles. The molecule has 1 fully saturated rings. The van der Waals surface area contributed by atoms with E-state index in [4.69, 9.17) is 4.74 Å². The minimum Gasteiger partial charge on any atom is -0.491 e. The Hall–Kier alpha value is -1.59. The van der Waals surface area contributed by atoms with E-state index in [1.165, 1.54) is 30.6 Å². The van der Waals surface area contributed by atoms with Crippen molar-refractivity contribution < 1.29 is 4.74 Å². The van der Waals surface area contributed by atoms with E-state index in [1.807, 2.05) is 38.1 Å². The van der Waals surface area contributed by atoms with Crippen LogP contribution in [0.4, 0.5) is 0 Å². The molecule has 0 atom stereocenters. The van der Waals surface area contributed by atoms with Crippen molar-refractivity contribution in [2.45, 2.75) is 45.8 Å². The second-order valence-corrected chi connectivity index (χ2v) is 7.41. The summed E-state index contributed by atoms with van der Waals surface area (Å²) in [6.45, 7) is 7.16. The maximum absolute atomic E-state index is 11.9. The highest BCUT2D eigenvalue weighted by molar-refractivity contribution is 7.09. The summed E-state index contributed by atoms with van der Waals surface area (Å²) in [6.07, 6.45) is 4.01. The summed E-state index contributed by atoms with van der Waals surface area (Å²) in [4.78, 5) is 18.5. The number of thiazole rings is 1. The molecule has 5 heteroatoms. The molecule has 1 aliphatic heterocycles. The molecule has 23 heavy (non-hydrogen) atoms. The number of hydrogen-bond acceptors (Lipinski definition) is 4. The van der Waals surface area contributed by atoms with E-state index in [9.17, 15) is 4.79 Å². The average molecular weight is 332 g/mol. The maximum Gasteiger partial charge on any atom is 0.305 e. The van der Waals surface area contributed by atoms with Gasteiger partial charge in [-0.3, -0.25) is 9.69 Å². The van der Waals surface area contributed by atoms with Crippen molar-refractivity contribution in [3.63, 3.8) is 0 Å². The number of nitrogens with one attached hydrogen (secondary N) is 1. The minimum atomic E-state index is 0.0227. The highest BCUT2D eigenvalue weighted by atomic mass is 32.1. The van der Waals surface area contributed by atoms with Gasteiger partial charge in [-0.25, -0.2) is 0 Å². The highest BCUT2D eigenvalue weighted by Crippen LogP contribution is 2.27. The molecule has 3 rings (SSSR count). The van der Waals surface area contributed by atoms with Gasteiger partial charge in [-0.15, -0.1) is 0 Å². The SMILES string of the molecule is CC(C)Oc1ccc(-c2[nH]c(=O)sc2CN2CCCCC2)cc1. The Bertz CT molecular complexity index is 682. The number of hydrogen-bond donors (Lipinski definition) is 1. The van der Waals surface area contributed by atoms with Crippen LogP contribution in [0, 0.1) is 0 Å². The summed E-state index contributed by atoms with van der Waals surface area (Å²) in [5, 5.41) is 0. The van der Waals surface area contributed by atoms with E-state index in [0.29, 0.717) is 0 Å². The predicted molar refractivity (Wildman–Crippen MR) is 95.3 cm³/mol. The summed E-state index contributed by atoms with van der Waals surface area (Å²) >= 11 is 1.33. The molecule has 0 unspecified atom stereocenters. The number of nitrogens with zero attached hydrogens (tertiary/aromatic N) is 1. The molecule has 1 aliphatic rings. The van der Waals surface area contributed by atoms with Crippen LogP contribution in [-0.4, -0.2) is 29.1 Å². The fourth-order valence-electron chi connectivity index (χ4n) is 3.00. The van der Waals surface area contributed by atoms with Crippen LogP contribution >= 0.6 is 11.3 Å². The number of aromatic nitrogens is 1. The van der Waals surface area contributed by atoms with Gasteiger partial charge in [-0.1, -0.05) is 17.8 Å². The van der Waals surface area contributed by atoms with Gasteiger partial charge in [0.05, 0.1) is 11.8 Å². The molecular weight excluding hydrogens is 308 g/mol. The Morgan fingerprint density at radius 3 is 2.52 bits per heavy atom. The zero-order valence-electron chi connectivity index (χ0n) is 13.8. The van der Waals surface area contributed by atoms with Crippen LogP contribution in [0.15, 0.2) is 29.1 Å². The van der Waals surface area contributed by atoms with Crippen molar-refractivity contribution in [1.29, 1.82) is 0 Å². The Balaban J connectivity index is 1.80. The van der Waals surface area contributed by atoms with Gasteiger partial charge in [0, 0.05) is 11.4 Å². The third-order valence-corrected chi connectivity index (χ3v) is 4.92. The van der Waals surface area contributed by atoms with Crippen LogP contribution in [-0.2, 0) is 6.54 Å². The van der Waals surface area contributed by atoms with E-state index in [-0.39, 0.29) is 11.0 Å². The Labute approximate surface area is 141 Å². The van der Waals surface area contributed by atoms with E-state index in [2.05, 4.69) is 9.88 Å². The number of piperidine rings is 1. The van der Waals surface area contributed by atoms with Crippen molar-refractivity contribution >= 4 is 11.3 Å². The fourth-order valence-corrected chi connectivity index (χ4v) is 3.89. The Morgan fingerprint density at radius 2 is 1.87 bits per heavy atom. The standard InChI is InChI=1S/C18H24N2O2S/c1-13(2)22-15-8-6-14(7-9-15)17-16(23-18(21)19-17)12-20-10-4-3-5-11-20/h6-9,13H,3-5,10-12H2,1-2H3,(H,19,21). The third kappa shape index (κ3) is 4.24. The summed E-state index contributed by atoms with van der Waals surface area (Å²) in [7, 11) is 0. The van der Waals surface area contributed by atoms with Crippen molar-refractivity contribution in [2.75, 3.05) is 13.1 Å². The highest BCUT2D eigenvalue weighted by Gasteiger charge is 2.16. The molecule has 0 bridgehead atoms. The lowest BCUT2D eigenvalue weighted by atomic mass is 10.1. The van der Waals surface area contributed by atoms with Crippen molar-refractivity contribution in [2.24, 2.45) is 0 Å². The van der Waals surface area contributed by atoms with Crippen molar-refractivity contribution in [1.82, 2.24) is 9.88 Å². The first kappa shape index (κ1) is 16.3. The first-order valence-electron chi connectivity index (χ1n) is 8.33. The number of ether oxygens (including phenoxy) is 1. The summed E-state index contributed by atoms with van der Waals surface area (Å²) in [5.41, 5.74) is 2.01. The molecule has 4 nitrogen and oxygen atoms in total. The molecule has 0 spiro atoms. The molecule has 0 aliphatic carbocycles. The van der Waals surface area contributed by atoms with Crippen LogP contribution in [0.3, 0.4) is 0 Å². The Morgan fingerprint density at radius 1 is 1.17 bits per heavy atom. The molecule has 1 saturated heterocycles. The van der Waals surface area contributed by atoms with E-state index in [1.54, 1.807) is 0 Å². The van der Waals surface area contributed by atoms with Gasteiger partial charge in [0.15, 0.2) is 0 Å². The molecule has 124 valence electrons. The van der Waals surface area contributed by atoms with Crippen LogP contribution in [0.1, 0.15) is 38.0 Å². The third-order valence-electron chi connectivity index (χ3n) is 4.05. The summed E-state index contributed by atoms with van der Waals surface area (Å²) in [6, 6.07) is 7.98. The largest absolute Gasteiger partial charge is 0.491 e. The monoisotopic (exact) mass is 332 g/mol. The molecule has 1 N–H and O–H groups in total. The van der Waals surface area contributed by atoms with Gasteiger partial charge in [-0.2, -0.15) is 0 Å². The first-order chi connectivity index (χ1) is 11.1. The van der Waals surface area contributed by atoms with Crippen LogP contribution in [0.2, 0.25) is 0 Å². The number of benzene rings is 1. The van der Waals surface area contributed by atoms with Crippen molar-refractivity contribution in [3.05, 3.63) is 38.8 Å². The molecule has 2 heterocycles. The van der Waals surface area contributed by atoms with Crippen LogP contribution in [0.25, 0.3) is 11.3 Å². The van der Waals surface area contributed by atoms with Gasteiger partial charge < -0.3 is 9.72 Å². The number of aromatic amines is 1. The molecule has 2 aromatic rings. The van der Waals surface area contributed by atoms with E-state index >= 15 is 0 Å². The van der Waals surface area contributed by atoms with Gasteiger partial charge >= 0.3 is 4.87 Å². The smallest absolute Gasteiger partial charge is 0.305 e. The van der Waals surface area contributed by atoms with E-state index in [0.717, 1.165) is 41.5 Å². The quantitative estimate of drug-likeness (QED) is 0.904. The number of H-pyrrole nitrogens is 1. The predicted octanol–water partition coefficient (Wildman–Crippen LogP) is 3.88. The number of rotatable bonds is 5. The lowest BCUT2D eigenvalue weighted by Gasteiger charge is -2.26. The van der Waals surface area contributed by atoms with Gasteiger partial charge in [-0.05, 0) is 69.6 Å². The Kier molecular flexibility index (Phi) is 5.18. The lowest BCUT2D eigenvalue weighted by Crippen LogP contribution is -2.28. The molecule has 1 aromatic heterocycles. The average Bonchev–Trinajstić information content (AvgIpc) is 2.89. The minimum absolute atomic E-state index is 0.0227. The van der Waals surface area contributed by atoms with Gasteiger partial charge in [0.2, 0.25) is 0 Å². The zero-order valence-corrected chi connectivity index (χ0v) is 14.6. The topological polar surface area (TPSA) is 45.3 Å². The second-order valence-electron chi connectivity index (χ2n) is 6.34. The lowest BCUT2D eigenvalue weighted by molar-refractivity contribution is 0.223. The zero-order chi connectivity index (χ0) is 16.2. The summed E-state index contributed by atoms with van der Waals surface area (Å²) < 4.78 is 5.68. The number of likely N-dealkylation sites (tertiary alicyclic amines) is 1. The van der Waals surface area contributed by atoms with Crippen LogP contribution in [0.5, 0.6) is 5.75 Å². The second kappa shape index (κ2) is 7.32. The molecule has 0 amide bonds. The molecule has 0 saturated carbocycles. The van der Waals surface area contributed by atoms with Gasteiger partial charge in [0.1, 0.15) is 5.75 Å².